The third-order valence-electron chi connectivity index (χ3n) is 3.84. The van der Waals surface area contributed by atoms with Gasteiger partial charge in [-0.3, -0.25) is 4.79 Å². The molecule has 2 aromatic heterocycles. The van der Waals surface area contributed by atoms with Crippen LogP contribution >= 0.6 is 11.6 Å². The molecular weight excluding hydrogens is 357 g/mol. The van der Waals surface area contributed by atoms with E-state index >= 15 is 0 Å². The van der Waals surface area contributed by atoms with Gasteiger partial charge in [-0.15, -0.1) is 0 Å². The molecule has 0 saturated heterocycles. The Balaban J connectivity index is 1.91. The van der Waals surface area contributed by atoms with Crippen LogP contribution in [0, 0.1) is 19.7 Å². The molecule has 6 nitrogen and oxygen atoms in total. The number of aromatic nitrogens is 3. The third-order valence-corrected chi connectivity index (χ3v) is 4.24. The van der Waals surface area contributed by atoms with Crippen LogP contribution < -0.4 is 11.3 Å². The van der Waals surface area contributed by atoms with Crippen molar-refractivity contribution >= 4 is 23.6 Å². The van der Waals surface area contributed by atoms with E-state index in [1.54, 1.807) is 36.7 Å². The van der Waals surface area contributed by atoms with Crippen molar-refractivity contribution in [3.63, 3.8) is 0 Å². The Bertz CT molecular complexity index is 1040. The van der Waals surface area contributed by atoms with E-state index in [0.29, 0.717) is 23.0 Å². The fourth-order valence-electron chi connectivity index (χ4n) is 2.54. The van der Waals surface area contributed by atoms with Crippen LogP contribution in [-0.2, 0) is 6.54 Å². The van der Waals surface area contributed by atoms with Crippen LogP contribution in [0.5, 0.6) is 0 Å². The number of aryl methyl sites for hydroxylation is 2. The number of nitrogens with zero attached hydrogens (tertiary/aromatic N) is 4. The maximum atomic E-state index is 13.0. The van der Waals surface area contributed by atoms with Crippen LogP contribution in [0.25, 0.3) is 0 Å². The number of benzene rings is 1. The molecule has 0 bridgehead atoms. The molecule has 0 aliphatic heterocycles. The fraction of sp³-hybridized carbons (Fsp3) is 0.167. The minimum Gasteiger partial charge on any atom is -0.384 e. The Morgan fingerprint density at radius 2 is 1.96 bits per heavy atom. The molecule has 0 amide bonds. The predicted octanol–water partition coefficient (Wildman–Crippen LogP) is 2.97. The summed E-state index contributed by atoms with van der Waals surface area (Å²) < 4.78 is 15.7. The van der Waals surface area contributed by atoms with E-state index in [1.165, 1.54) is 24.4 Å². The van der Waals surface area contributed by atoms with Crippen LogP contribution in [0.2, 0.25) is 5.15 Å². The second kappa shape index (κ2) is 7.13. The van der Waals surface area contributed by atoms with Crippen molar-refractivity contribution in [2.45, 2.75) is 20.4 Å². The van der Waals surface area contributed by atoms with Gasteiger partial charge in [-0.2, -0.15) is 14.9 Å². The zero-order chi connectivity index (χ0) is 18.8. The maximum absolute atomic E-state index is 13.0. The Morgan fingerprint density at radius 1 is 1.27 bits per heavy atom. The molecule has 0 atom stereocenters. The van der Waals surface area contributed by atoms with Gasteiger partial charge >= 0.3 is 0 Å². The summed E-state index contributed by atoms with van der Waals surface area (Å²) in [5.41, 5.74) is 8.38. The molecule has 0 unspecified atom stereocenters. The molecule has 0 fully saturated rings. The number of halogens is 2. The largest absolute Gasteiger partial charge is 0.384 e. The van der Waals surface area contributed by atoms with Gasteiger partial charge in [-0.05, 0) is 43.2 Å². The molecule has 0 aliphatic carbocycles. The Kier molecular flexibility index (Phi) is 4.90. The summed E-state index contributed by atoms with van der Waals surface area (Å²) in [4.78, 5) is 12.0. The van der Waals surface area contributed by atoms with Crippen LogP contribution in [0.1, 0.15) is 22.4 Å². The number of pyridine rings is 1. The van der Waals surface area contributed by atoms with Crippen LogP contribution in [-0.4, -0.2) is 20.7 Å². The minimum atomic E-state index is -0.328. The minimum absolute atomic E-state index is 0.235. The topological polar surface area (TPSA) is 78.2 Å². The van der Waals surface area contributed by atoms with Gasteiger partial charge in [0.15, 0.2) is 0 Å². The quantitative estimate of drug-likeness (QED) is 0.714. The fourth-order valence-corrected chi connectivity index (χ4v) is 2.82. The lowest BCUT2D eigenvalue weighted by atomic mass is 10.2. The Hall–Kier alpha value is -2.93. The smallest absolute Gasteiger partial charge is 0.273 e. The zero-order valence-corrected chi connectivity index (χ0v) is 15.0. The van der Waals surface area contributed by atoms with Gasteiger partial charge in [-0.25, -0.2) is 9.07 Å². The highest BCUT2D eigenvalue weighted by Gasteiger charge is 2.12. The highest BCUT2D eigenvalue weighted by Crippen LogP contribution is 2.19. The summed E-state index contributed by atoms with van der Waals surface area (Å²) in [5.74, 6) is -0.0656. The van der Waals surface area contributed by atoms with E-state index in [2.05, 4.69) is 10.2 Å². The van der Waals surface area contributed by atoms with E-state index < -0.39 is 0 Å². The predicted molar refractivity (Wildman–Crippen MR) is 100 cm³/mol. The molecule has 2 N–H and O–H groups in total. The molecule has 3 rings (SSSR count). The standard InChI is InChI=1S/C18H17ClFN5O/c1-11-7-16(21)25(17(26)8-11)22-9-15-12(2)23-24(18(15)19)10-13-3-5-14(20)6-4-13/h3-9H,10,21H2,1-2H3. The molecule has 0 aliphatic rings. The van der Waals surface area contributed by atoms with Gasteiger partial charge in [0, 0.05) is 6.07 Å². The van der Waals surface area contributed by atoms with Gasteiger partial charge in [0.1, 0.15) is 16.8 Å². The maximum Gasteiger partial charge on any atom is 0.273 e. The normalized spacial score (nSPS) is 11.4. The molecule has 134 valence electrons. The average molecular weight is 374 g/mol. The van der Waals surface area contributed by atoms with Crippen molar-refractivity contribution in [1.82, 2.24) is 14.5 Å². The number of hydrogen-bond donors (Lipinski definition) is 1. The molecule has 0 saturated carbocycles. The first-order valence-electron chi connectivity index (χ1n) is 7.86. The number of hydrogen-bond acceptors (Lipinski definition) is 4. The van der Waals surface area contributed by atoms with Gasteiger partial charge in [0.2, 0.25) is 0 Å². The first-order chi connectivity index (χ1) is 12.3. The summed E-state index contributed by atoms with van der Waals surface area (Å²) >= 11 is 6.40. The molecule has 0 spiro atoms. The summed E-state index contributed by atoms with van der Waals surface area (Å²) in [5, 5.41) is 8.89. The molecule has 2 heterocycles. The van der Waals surface area contributed by atoms with E-state index in [4.69, 9.17) is 17.3 Å². The van der Waals surface area contributed by atoms with Crippen molar-refractivity contribution in [2.24, 2.45) is 5.10 Å². The second-order valence-corrected chi connectivity index (χ2v) is 6.28. The molecule has 0 radical (unpaired) electrons. The molecule has 26 heavy (non-hydrogen) atoms. The average Bonchev–Trinajstić information content (AvgIpc) is 2.83. The monoisotopic (exact) mass is 373 g/mol. The summed E-state index contributed by atoms with van der Waals surface area (Å²) in [6, 6.07) is 9.21. The van der Waals surface area contributed by atoms with Gasteiger partial charge < -0.3 is 5.73 Å². The Labute approximate surface area is 154 Å². The number of anilines is 1. The highest BCUT2D eigenvalue weighted by molar-refractivity contribution is 6.32. The van der Waals surface area contributed by atoms with Gasteiger partial charge in [0.25, 0.3) is 5.56 Å². The molecule has 1 aromatic carbocycles. The van der Waals surface area contributed by atoms with Crippen LogP contribution in [0.3, 0.4) is 0 Å². The van der Waals surface area contributed by atoms with E-state index in [1.807, 2.05) is 0 Å². The molecule has 8 heteroatoms. The highest BCUT2D eigenvalue weighted by atomic mass is 35.5. The first kappa shape index (κ1) is 17.9. The third kappa shape index (κ3) is 3.67. The van der Waals surface area contributed by atoms with Crippen LogP contribution in [0.4, 0.5) is 10.2 Å². The van der Waals surface area contributed by atoms with Crippen molar-refractivity contribution < 1.29 is 4.39 Å². The lowest BCUT2D eigenvalue weighted by Gasteiger charge is -2.04. The van der Waals surface area contributed by atoms with E-state index in [9.17, 15) is 9.18 Å². The zero-order valence-electron chi connectivity index (χ0n) is 14.3. The van der Waals surface area contributed by atoms with Crippen molar-refractivity contribution in [1.29, 1.82) is 0 Å². The second-order valence-electron chi connectivity index (χ2n) is 5.93. The molecular formula is C18H17ClFN5O. The van der Waals surface area contributed by atoms with Gasteiger partial charge in [0.05, 0.1) is 24.0 Å². The Morgan fingerprint density at radius 3 is 2.62 bits per heavy atom. The number of rotatable bonds is 4. The van der Waals surface area contributed by atoms with Crippen molar-refractivity contribution in [3.8, 4) is 0 Å². The van der Waals surface area contributed by atoms with Crippen molar-refractivity contribution in [2.75, 3.05) is 5.73 Å². The summed E-state index contributed by atoms with van der Waals surface area (Å²) in [6.45, 7) is 3.96. The van der Waals surface area contributed by atoms with Gasteiger partial charge in [-0.1, -0.05) is 23.7 Å². The summed E-state index contributed by atoms with van der Waals surface area (Å²) in [6.07, 6.45) is 1.46. The number of nitrogens with two attached hydrogens (primary N) is 1. The summed E-state index contributed by atoms with van der Waals surface area (Å²) in [7, 11) is 0. The lowest BCUT2D eigenvalue weighted by Crippen LogP contribution is -2.19. The lowest BCUT2D eigenvalue weighted by molar-refractivity contribution is 0.624. The van der Waals surface area contributed by atoms with Crippen LogP contribution in [0.15, 0.2) is 46.3 Å². The molecule has 3 aromatic rings. The van der Waals surface area contributed by atoms with Crippen molar-refractivity contribution in [3.05, 3.63) is 80.1 Å². The number of nitrogen functional groups attached to an aromatic ring is 1. The van der Waals surface area contributed by atoms with E-state index in [0.717, 1.165) is 15.8 Å². The SMILES string of the molecule is Cc1cc(N)n(N=Cc2c(C)nn(Cc3ccc(F)cc3)c2Cl)c(=O)c1. The van der Waals surface area contributed by atoms with E-state index in [-0.39, 0.29) is 17.2 Å². The first-order valence-corrected chi connectivity index (χ1v) is 8.24.